The normalized spacial score (nSPS) is 4.50. The van der Waals surface area contributed by atoms with E-state index < -0.39 is 7.32 Å². The van der Waals surface area contributed by atoms with Crippen LogP contribution in [0.25, 0.3) is 0 Å². The van der Waals surface area contributed by atoms with Gasteiger partial charge in [-0.3, -0.25) is 0 Å². The zero-order chi connectivity index (χ0) is 3.58. The van der Waals surface area contributed by atoms with Gasteiger partial charge in [0.2, 0.25) is 0 Å². The van der Waals surface area contributed by atoms with E-state index in [0.717, 1.165) is 0 Å². The molecule has 32 valence electrons. The summed E-state index contributed by atoms with van der Waals surface area (Å²) in [6, 6.07) is 0. The molecule has 0 aromatic carbocycles. The topological polar surface area (TPSA) is 63.5 Å². The molecule has 0 amide bonds. The molecule has 2 N–H and O–H groups in total. The molecule has 0 spiro atoms. The van der Waals surface area contributed by atoms with Crippen LogP contribution in [-0.4, -0.2) is 66.3 Å². The van der Waals surface area contributed by atoms with Gasteiger partial charge < -0.3 is 19.8 Å². The molecule has 0 aromatic heterocycles. The van der Waals surface area contributed by atoms with Crippen LogP contribution in [-0.2, 0) is 0 Å². The van der Waals surface area contributed by atoms with Crippen molar-refractivity contribution in [2.75, 3.05) is 0 Å². The fourth-order valence-electron chi connectivity index (χ4n) is 0. The van der Waals surface area contributed by atoms with Crippen LogP contribution in [0.2, 0.25) is 0 Å². The summed E-state index contributed by atoms with van der Waals surface area (Å²) in [5.74, 6) is 0. The quantitative estimate of drug-likeness (QED) is 0.397. The van der Waals surface area contributed by atoms with Gasteiger partial charge in [-0.25, -0.2) is 0 Å². The number of hydrogen-bond acceptors (Lipinski definition) is 3. The summed E-state index contributed by atoms with van der Waals surface area (Å²) in [7, 11) is -2.42. The SMILES string of the molecule is [Ba+2].[F-].[O-]B(O)O. The average molecular weight is 217 g/mol. The summed E-state index contributed by atoms with van der Waals surface area (Å²) >= 11 is 0. The Balaban J connectivity index is -0.0000000450. The molecule has 0 aromatic rings. The van der Waals surface area contributed by atoms with E-state index in [9.17, 15) is 0 Å². The van der Waals surface area contributed by atoms with Gasteiger partial charge in [0.15, 0.2) is 0 Å². The molecule has 0 heterocycles. The van der Waals surface area contributed by atoms with Crippen molar-refractivity contribution >= 4 is 56.2 Å². The molecule has 0 saturated heterocycles. The zero-order valence-electron chi connectivity index (χ0n) is 2.97. The molecule has 0 saturated carbocycles. The molecular formula is H2BBaFO3. The van der Waals surface area contributed by atoms with Gasteiger partial charge in [0.05, 0.1) is 0 Å². The van der Waals surface area contributed by atoms with E-state index in [2.05, 4.69) is 0 Å². The Morgan fingerprint density at radius 1 is 1.33 bits per heavy atom. The molecule has 3 nitrogen and oxygen atoms in total. The predicted octanol–water partition coefficient (Wildman–Crippen LogP) is -6.06. The third kappa shape index (κ3) is 51.5. The van der Waals surface area contributed by atoms with E-state index in [1.54, 1.807) is 0 Å². The van der Waals surface area contributed by atoms with E-state index in [0.29, 0.717) is 0 Å². The van der Waals surface area contributed by atoms with Crippen molar-refractivity contribution < 1.29 is 19.8 Å². The number of rotatable bonds is 0. The van der Waals surface area contributed by atoms with E-state index in [4.69, 9.17) is 15.1 Å². The van der Waals surface area contributed by atoms with Crippen LogP contribution in [0.1, 0.15) is 0 Å². The van der Waals surface area contributed by atoms with Crippen molar-refractivity contribution in [1.82, 2.24) is 0 Å². The molecule has 6 heteroatoms. The van der Waals surface area contributed by atoms with Crippen molar-refractivity contribution in [2.45, 2.75) is 0 Å². The monoisotopic (exact) mass is 218 g/mol. The van der Waals surface area contributed by atoms with Crippen LogP contribution in [0.5, 0.6) is 0 Å². The first kappa shape index (κ1) is 15.7. The minimum atomic E-state index is -2.42. The Kier molecular flexibility index (Phi) is 25.2. The number of halogens is 1. The summed E-state index contributed by atoms with van der Waals surface area (Å²) in [6.07, 6.45) is 0. The summed E-state index contributed by atoms with van der Waals surface area (Å²) in [4.78, 5) is 0. The maximum absolute atomic E-state index is 8.64. The largest absolute Gasteiger partial charge is 2.00 e. The van der Waals surface area contributed by atoms with Crippen molar-refractivity contribution in [1.29, 1.82) is 0 Å². The predicted molar refractivity (Wildman–Crippen MR) is 15.9 cm³/mol. The summed E-state index contributed by atoms with van der Waals surface area (Å²) in [5.41, 5.74) is 0. The fourth-order valence-corrected chi connectivity index (χ4v) is 0. The van der Waals surface area contributed by atoms with E-state index >= 15 is 0 Å². The third-order valence-corrected chi connectivity index (χ3v) is 0. The Hall–Kier alpha value is 1.45. The maximum Gasteiger partial charge on any atom is 2.00 e. The van der Waals surface area contributed by atoms with Gasteiger partial charge in [0.1, 0.15) is 0 Å². The molecule has 0 rings (SSSR count). The third-order valence-electron chi connectivity index (χ3n) is 0. The molecule has 0 aliphatic rings. The minimum absolute atomic E-state index is 0. The Morgan fingerprint density at radius 3 is 1.33 bits per heavy atom. The van der Waals surface area contributed by atoms with Crippen LogP contribution in [0.4, 0.5) is 0 Å². The zero-order valence-corrected chi connectivity index (χ0v) is 7.41. The second-order valence-corrected chi connectivity index (χ2v) is 0.326. The number of hydrogen-bond donors (Lipinski definition) is 2. The molecule has 0 aliphatic heterocycles. The molecule has 0 radical (unpaired) electrons. The standard InChI is InChI=1S/BH2O3.Ba.FH/c2-1(3)4;;/h2-3H;;1H/q-1;+2;/p-1. The van der Waals surface area contributed by atoms with Crippen molar-refractivity contribution in [3.8, 4) is 0 Å². The summed E-state index contributed by atoms with van der Waals surface area (Å²) in [5, 5.41) is 22.8. The Labute approximate surface area is 75.0 Å². The molecule has 0 unspecified atom stereocenters. The average Bonchev–Trinajstić information content (AvgIpc) is 0.811. The first-order valence-corrected chi connectivity index (χ1v) is 0.752. The van der Waals surface area contributed by atoms with Gasteiger partial charge >= 0.3 is 56.2 Å². The van der Waals surface area contributed by atoms with Crippen LogP contribution in [0.3, 0.4) is 0 Å². The summed E-state index contributed by atoms with van der Waals surface area (Å²) in [6.45, 7) is 0. The first-order chi connectivity index (χ1) is 1.73. The maximum atomic E-state index is 8.64. The Bertz CT molecular complexity index is 15.5. The second kappa shape index (κ2) is 9.67. The molecule has 6 heavy (non-hydrogen) atoms. The molecule has 0 bridgehead atoms. The second-order valence-electron chi connectivity index (χ2n) is 0.326. The van der Waals surface area contributed by atoms with Crippen molar-refractivity contribution in [3.05, 3.63) is 0 Å². The minimum Gasteiger partial charge on any atom is -1.00 e. The van der Waals surface area contributed by atoms with Crippen LogP contribution in [0, 0.1) is 0 Å². The molecule has 0 atom stereocenters. The van der Waals surface area contributed by atoms with Crippen LogP contribution < -0.4 is 9.73 Å². The van der Waals surface area contributed by atoms with Gasteiger partial charge in [-0.05, 0) is 0 Å². The Morgan fingerprint density at radius 2 is 1.33 bits per heavy atom. The van der Waals surface area contributed by atoms with Crippen molar-refractivity contribution in [2.24, 2.45) is 0 Å². The van der Waals surface area contributed by atoms with Gasteiger partial charge in [-0.1, -0.05) is 0 Å². The van der Waals surface area contributed by atoms with E-state index in [1.807, 2.05) is 0 Å². The fraction of sp³-hybridized carbons (Fsp3) is 0. The van der Waals surface area contributed by atoms with Crippen LogP contribution >= 0.6 is 0 Å². The molecule has 0 fully saturated rings. The molecular weight excluding hydrogens is 215 g/mol. The van der Waals surface area contributed by atoms with Gasteiger partial charge in [0.25, 0.3) is 0 Å². The first-order valence-electron chi connectivity index (χ1n) is 0.752. The van der Waals surface area contributed by atoms with E-state index in [-0.39, 0.29) is 53.6 Å². The van der Waals surface area contributed by atoms with Gasteiger partial charge in [-0.15, -0.1) is 0 Å². The smallest absolute Gasteiger partial charge is 1.00 e. The van der Waals surface area contributed by atoms with Gasteiger partial charge in [0, 0.05) is 0 Å². The summed E-state index contributed by atoms with van der Waals surface area (Å²) < 4.78 is 0. The van der Waals surface area contributed by atoms with E-state index in [1.165, 1.54) is 0 Å². The van der Waals surface area contributed by atoms with Gasteiger partial charge in [-0.2, -0.15) is 0 Å². The van der Waals surface area contributed by atoms with Crippen molar-refractivity contribution in [3.63, 3.8) is 0 Å². The van der Waals surface area contributed by atoms with Crippen LogP contribution in [0.15, 0.2) is 0 Å². The molecule has 0 aliphatic carbocycles.